The van der Waals surface area contributed by atoms with Crippen LogP contribution in [0.5, 0.6) is 0 Å². The summed E-state index contributed by atoms with van der Waals surface area (Å²) in [5, 5.41) is 0.516. The van der Waals surface area contributed by atoms with Gasteiger partial charge in [-0.2, -0.15) is 4.98 Å². The van der Waals surface area contributed by atoms with E-state index in [1.807, 2.05) is 14.0 Å². The molecule has 1 aliphatic rings. The Balaban J connectivity index is 1.52. The molecule has 0 aliphatic heterocycles. The number of nitrogens with zero attached hydrogens (tertiary/aromatic N) is 4. The first kappa shape index (κ1) is 23.3. The first-order valence-electron chi connectivity index (χ1n) is 11.4. The number of methoxy groups -OCH3 is 1. The van der Waals surface area contributed by atoms with Crippen LogP contribution in [0.2, 0.25) is 10.4 Å². The summed E-state index contributed by atoms with van der Waals surface area (Å²) < 4.78 is 7.78. The minimum absolute atomic E-state index is 0.141. The maximum Gasteiger partial charge on any atom is 0.225 e. The molecule has 0 aromatic carbocycles. The fourth-order valence-corrected chi connectivity index (χ4v) is 4.92. The van der Waals surface area contributed by atoms with Gasteiger partial charge < -0.3 is 9.30 Å². The summed E-state index contributed by atoms with van der Waals surface area (Å²) in [7, 11) is 1.82. The van der Waals surface area contributed by atoms with Crippen molar-refractivity contribution in [3.8, 4) is 0 Å². The highest BCUT2D eigenvalue weighted by atomic mass is 35.5. The summed E-state index contributed by atoms with van der Waals surface area (Å²) in [6.45, 7) is 2.85. The zero-order chi connectivity index (χ0) is 21.3. The normalized spacial score (nSPS) is 20.5. The number of hydrogen-bond acceptors (Lipinski definition) is 4. The van der Waals surface area contributed by atoms with Gasteiger partial charge in [0.05, 0.1) is 12.9 Å². The summed E-state index contributed by atoms with van der Waals surface area (Å²) in [6.07, 6.45) is 17.5. The number of unbranched alkanes of at least 4 members (excludes halogenated alkanes) is 2. The maximum absolute atomic E-state index is 6.30. The van der Waals surface area contributed by atoms with Crippen LogP contribution in [-0.2, 0) is 11.3 Å². The highest BCUT2D eigenvalue weighted by Gasteiger charge is 2.15. The Bertz CT molecular complexity index is 849. The third-order valence-electron chi connectivity index (χ3n) is 6.11. The van der Waals surface area contributed by atoms with E-state index in [0.717, 1.165) is 30.7 Å². The lowest BCUT2D eigenvalue weighted by molar-refractivity contribution is 0.268. The van der Waals surface area contributed by atoms with E-state index < -0.39 is 0 Å². The van der Waals surface area contributed by atoms with Crippen LogP contribution in [0.15, 0.2) is 11.8 Å². The van der Waals surface area contributed by atoms with Crippen molar-refractivity contribution in [1.29, 1.82) is 0 Å². The summed E-state index contributed by atoms with van der Waals surface area (Å²) in [4.78, 5) is 12.8. The number of hydrogen-bond donors (Lipinski definition) is 0. The average Bonchev–Trinajstić information content (AvgIpc) is 3.00. The largest absolute Gasteiger partial charge is 0.501 e. The Kier molecular flexibility index (Phi) is 9.26. The van der Waals surface area contributed by atoms with Crippen LogP contribution >= 0.6 is 23.2 Å². The predicted molar refractivity (Wildman–Crippen MR) is 124 cm³/mol. The summed E-state index contributed by atoms with van der Waals surface area (Å²) >= 11 is 12.2. The van der Waals surface area contributed by atoms with Crippen molar-refractivity contribution in [2.75, 3.05) is 7.11 Å². The van der Waals surface area contributed by atoms with E-state index in [0.29, 0.717) is 16.7 Å². The van der Waals surface area contributed by atoms with Gasteiger partial charge >= 0.3 is 0 Å². The highest BCUT2D eigenvalue weighted by Crippen LogP contribution is 2.26. The van der Waals surface area contributed by atoms with E-state index in [-0.39, 0.29) is 5.28 Å². The zero-order valence-electron chi connectivity index (χ0n) is 18.3. The van der Waals surface area contributed by atoms with Gasteiger partial charge in [0, 0.05) is 13.0 Å². The first-order valence-corrected chi connectivity index (χ1v) is 12.1. The third-order valence-corrected chi connectivity index (χ3v) is 6.55. The molecule has 1 unspecified atom stereocenters. The average molecular weight is 453 g/mol. The second-order valence-corrected chi connectivity index (χ2v) is 9.07. The van der Waals surface area contributed by atoms with E-state index in [1.54, 1.807) is 0 Å². The Labute approximate surface area is 190 Å². The van der Waals surface area contributed by atoms with Gasteiger partial charge in [0.2, 0.25) is 5.28 Å². The second-order valence-electron chi connectivity index (χ2n) is 8.37. The lowest BCUT2D eigenvalue weighted by Crippen LogP contribution is -2.03. The molecule has 30 heavy (non-hydrogen) atoms. The van der Waals surface area contributed by atoms with Gasteiger partial charge in [-0.05, 0) is 56.2 Å². The Morgan fingerprint density at radius 3 is 2.57 bits per heavy atom. The molecule has 3 rings (SSSR count). The molecule has 5 nitrogen and oxygen atoms in total. The van der Waals surface area contributed by atoms with Gasteiger partial charge in [-0.3, -0.25) is 0 Å². The van der Waals surface area contributed by atoms with E-state index in [1.165, 1.54) is 70.0 Å². The predicted octanol–water partition coefficient (Wildman–Crippen LogP) is 7.28. The molecular formula is C23H34Cl2N4O. The number of aromatic nitrogens is 4. The number of imidazole rings is 1. The fourth-order valence-electron chi connectivity index (χ4n) is 4.44. The molecule has 7 heteroatoms. The van der Waals surface area contributed by atoms with E-state index in [2.05, 4.69) is 25.6 Å². The lowest BCUT2D eigenvalue weighted by Gasteiger charge is -2.15. The quantitative estimate of drug-likeness (QED) is 0.251. The van der Waals surface area contributed by atoms with E-state index in [9.17, 15) is 0 Å². The van der Waals surface area contributed by atoms with Gasteiger partial charge in [-0.1, -0.05) is 56.5 Å². The molecule has 0 N–H and O–H groups in total. The van der Waals surface area contributed by atoms with E-state index >= 15 is 0 Å². The minimum Gasteiger partial charge on any atom is -0.501 e. The van der Waals surface area contributed by atoms with Crippen molar-refractivity contribution >= 4 is 34.4 Å². The molecule has 0 saturated heterocycles. The zero-order valence-corrected chi connectivity index (χ0v) is 19.8. The lowest BCUT2D eigenvalue weighted by atomic mass is 9.94. The van der Waals surface area contributed by atoms with Crippen molar-refractivity contribution in [2.45, 2.75) is 90.5 Å². The number of fused-ring (bicyclic) bond motifs is 1. The molecule has 2 heterocycles. The first-order chi connectivity index (χ1) is 14.6. The van der Waals surface area contributed by atoms with Gasteiger partial charge in [0.1, 0.15) is 11.3 Å². The fraction of sp³-hybridized carbons (Fsp3) is 0.696. The Hall–Kier alpha value is -1.33. The highest BCUT2D eigenvalue weighted by molar-refractivity contribution is 6.35. The topological polar surface area (TPSA) is 52.8 Å². The molecular weight excluding hydrogens is 419 g/mol. The Morgan fingerprint density at radius 1 is 1.00 bits per heavy atom. The molecule has 1 aliphatic carbocycles. The second kappa shape index (κ2) is 11.9. The van der Waals surface area contributed by atoms with Crippen molar-refractivity contribution < 1.29 is 4.74 Å². The number of rotatable bonds is 7. The van der Waals surface area contributed by atoms with Gasteiger partial charge in [-0.15, -0.1) is 0 Å². The minimum atomic E-state index is 0.141. The Morgan fingerprint density at radius 2 is 1.77 bits per heavy atom. The van der Waals surface area contributed by atoms with Gasteiger partial charge in [0.25, 0.3) is 0 Å². The number of allylic oxidation sites excluding steroid dienone is 2. The molecule has 166 valence electrons. The van der Waals surface area contributed by atoms with Crippen molar-refractivity contribution in [1.82, 2.24) is 19.5 Å². The van der Waals surface area contributed by atoms with Crippen molar-refractivity contribution in [2.24, 2.45) is 5.92 Å². The van der Waals surface area contributed by atoms with E-state index in [4.69, 9.17) is 27.9 Å². The van der Waals surface area contributed by atoms with Crippen LogP contribution in [0.3, 0.4) is 0 Å². The van der Waals surface area contributed by atoms with Gasteiger partial charge in [0.15, 0.2) is 10.8 Å². The smallest absolute Gasteiger partial charge is 0.225 e. The standard InChI is InChI=1S/C23H34Cl2N4O/c1-17-26-22-20(21(24)27-23(25)28-22)29(17)15-11-7-9-13-18-12-8-5-3-4-6-10-14-19(16-18)30-2/h16,18H,3-15H2,1-2H3/b19-16+. The molecule has 0 bridgehead atoms. The number of aryl methyl sites for hydroxylation is 2. The van der Waals surface area contributed by atoms with Crippen LogP contribution in [0.1, 0.15) is 82.9 Å². The molecule has 0 amide bonds. The van der Waals surface area contributed by atoms with Crippen LogP contribution < -0.4 is 0 Å². The van der Waals surface area contributed by atoms with Crippen molar-refractivity contribution in [3.63, 3.8) is 0 Å². The molecule has 2 aromatic heterocycles. The third kappa shape index (κ3) is 6.58. The molecule has 0 saturated carbocycles. The van der Waals surface area contributed by atoms with Crippen LogP contribution in [-0.4, -0.2) is 26.6 Å². The van der Waals surface area contributed by atoms with Crippen LogP contribution in [0.25, 0.3) is 11.2 Å². The molecule has 2 aromatic rings. The monoisotopic (exact) mass is 452 g/mol. The summed E-state index contributed by atoms with van der Waals surface area (Å²) in [5.41, 5.74) is 1.36. The molecule has 1 atom stereocenters. The summed E-state index contributed by atoms with van der Waals surface area (Å²) in [5.74, 6) is 2.73. The molecule has 0 fully saturated rings. The summed E-state index contributed by atoms with van der Waals surface area (Å²) in [6, 6.07) is 0. The number of halogens is 2. The van der Waals surface area contributed by atoms with Crippen LogP contribution in [0.4, 0.5) is 0 Å². The van der Waals surface area contributed by atoms with Gasteiger partial charge in [-0.25, -0.2) is 9.97 Å². The SMILES string of the molecule is CO/C1=C/C(CCCCCn2c(C)nc3nc(Cl)nc(Cl)c32)CCCCCCCC1. The molecule has 0 spiro atoms. The maximum atomic E-state index is 6.30. The number of ether oxygens (including phenoxy) is 1. The van der Waals surface area contributed by atoms with Crippen LogP contribution in [0, 0.1) is 12.8 Å². The molecule has 0 radical (unpaired) electrons. The van der Waals surface area contributed by atoms with Crippen molar-refractivity contribution in [3.05, 3.63) is 28.1 Å².